The Labute approximate surface area is 133 Å². The number of sulfonamides is 1. The van der Waals surface area contributed by atoms with Gasteiger partial charge in [-0.25, -0.2) is 13.4 Å². The lowest BCUT2D eigenvalue weighted by Gasteiger charge is -2.32. The summed E-state index contributed by atoms with van der Waals surface area (Å²) in [6.07, 6.45) is 9.70. The van der Waals surface area contributed by atoms with Crippen LogP contribution in [0.25, 0.3) is 0 Å². The largest absolute Gasteiger partial charge is 0.357 e. The first-order chi connectivity index (χ1) is 10.6. The van der Waals surface area contributed by atoms with E-state index >= 15 is 0 Å². The van der Waals surface area contributed by atoms with E-state index in [1.165, 1.54) is 38.3 Å². The van der Waals surface area contributed by atoms with Crippen LogP contribution in [0.4, 0.5) is 5.82 Å². The maximum Gasteiger partial charge on any atom is 0.244 e. The van der Waals surface area contributed by atoms with Crippen molar-refractivity contribution in [3.8, 4) is 0 Å². The molecule has 1 aliphatic heterocycles. The quantitative estimate of drug-likeness (QED) is 0.855. The third-order valence-electron chi connectivity index (χ3n) is 4.91. The van der Waals surface area contributed by atoms with Crippen molar-refractivity contribution >= 4 is 15.8 Å². The molecule has 3 rings (SSSR count). The van der Waals surface area contributed by atoms with Crippen molar-refractivity contribution in [2.45, 2.75) is 55.9 Å². The monoisotopic (exact) mass is 323 g/mol. The van der Waals surface area contributed by atoms with Crippen molar-refractivity contribution in [3.05, 3.63) is 18.3 Å². The van der Waals surface area contributed by atoms with E-state index in [1.807, 2.05) is 6.07 Å². The molecule has 22 heavy (non-hydrogen) atoms. The summed E-state index contributed by atoms with van der Waals surface area (Å²) in [7, 11) is -1.29. The molecule has 122 valence electrons. The summed E-state index contributed by atoms with van der Waals surface area (Å²) in [5.41, 5.74) is 0. The fourth-order valence-electron chi connectivity index (χ4n) is 3.47. The van der Waals surface area contributed by atoms with Gasteiger partial charge in [-0.05, 0) is 37.8 Å². The highest BCUT2D eigenvalue weighted by Gasteiger charge is 2.27. The van der Waals surface area contributed by atoms with E-state index in [2.05, 4.69) is 16.9 Å². The lowest BCUT2D eigenvalue weighted by molar-refractivity contribution is 0.426. The van der Waals surface area contributed by atoms with E-state index in [0.717, 1.165) is 18.7 Å². The van der Waals surface area contributed by atoms with Crippen molar-refractivity contribution in [2.75, 3.05) is 25.0 Å². The molecule has 0 bridgehead atoms. The molecule has 2 aliphatic rings. The van der Waals surface area contributed by atoms with E-state index in [1.54, 1.807) is 10.4 Å². The van der Waals surface area contributed by atoms with E-state index in [-0.39, 0.29) is 0 Å². The highest BCUT2D eigenvalue weighted by atomic mass is 32.2. The Morgan fingerprint density at radius 2 is 1.77 bits per heavy atom. The summed E-state index contributed by atoms with van der Waals surface area (Å²) in [4.78, 5) is 6.93. The zero-order chi connectivity index (χ0) is 15.6. The molecule has 0 aromatic carbocycles. The van der Waals surface area contributed by atoms with Crippen molar-refractivity contribution in [3.63, 3.8) is 0 Å². The summed E-state index contributed by atoms with van der Waals surface area (Å²) in [5.74, 6) is 0.868. The van der Waals surface area contributed by atoms with Crippen LogP contribution in [0.3, 0.4) is 0 Å². The minimum atomic E-state index is -3.35. The molecule has 0 unspecified atom stereocenters. The van der Waals surface area contributed by atoms with Gasteiger partial charge in [-0.1, -0.05) is 19.3 Å². The number of rotatable bonds is 4. The van der Waals surface area contributed by atoms with Crippen molar-refractivity contribution < 1.29 is 8.42 Å². The predicted molar refractivity (Wildman–Crippen MR) is 87.5 cm³/mol. The molecule has 0 amide bonds. The Kier molecular flexibility index (Phi) is 4.68. The van der Waals surface area contributed by atoms with E-state index in [4.69, 9.17) is 0 Å². The third-order valence-corrected chi connectivity index (χ3v) is 6.79. The van der Waals surface area contributed by atoms with Gasteiger partial charge in [-0.2, -0.15) is 4.31 Å². The second-order valence-electron chi connectivity index (χ2n) is 6.37. The average molecular weight is 323 g/mol. The van der Waals surface area contributed by atoms with Gasteiger partial charge in [-0.3, -0.25) is 0 Å². The lowest BCUT2D eigenvalue weighted by atomic mass is 9.94. The Balaban J connectivity index is 1.74. The van der Waals surface area contributed by atoms with Crippen LogP contribution < -0.4 is 4.90 Å². The fourth-order valence-corrected chi connectivity index (χ4v) is 4.93. The molecule has 5 nitrogen and oxygen atoms in total. The summed E-state index contributed by atoms with van der Waals surface area (Å²) >= 11 is 0. The second-order valence-corrected chi connectivity index (χ2v) is 8.30. The summed E-state index contributed by atoms with van der Waals surface area (Å²) in [6.45, 7) is 1.26. The Bertz CT molecular complexity index is 588. The Morgan fingerprint density at radius 3 is 2.36 bits per heavy atom. The van der Waals surface area contributed by atoms with Gasteiger partial charge in [0.15, 0.2) is 0 Å². The van der Waals surface area contributed by atoms with Crippen LogP contribution in [-0.4, -0.2) is 43.9 Å². The molecule has 1 aromatic heterocycles. The second kappa shape index (κ2) is 6.54. The first-order valence-electron chi connectivity index (χ1n) is 8.28. The van der Waals surface area contributed by atoms with Gasteiger partial charge >= 0.3 is 0 Å². The van der Waals surface area contributed by atoms with Crippen molar-refractivity contribution in [2.24, 2.45) is 0 Å². The summed E-state index contributed by atoms with van der Waals surface area (Å²) in [5, 5.41) is 0. The zero-order valence-electron chi connectivity index (χ0n) is 13.2. The molecule has 0 N–H and O–H groups in total. The molecule has 1 saturated carbocycles. The SMILES string of the molecule is CN(c1ccc(S(=O)(=O)N2CCCC2)cn1)C1CCCCC1. The number of pyridine rings is 1. The van der Waals surface area contributed by atoms with Gasteiger partial charge in [-0.15, -0.1) is 0 Å². The maximum atomic E-state index is 12.5. The summed E-state index contributed by atoms with van der Waals surface area (Å²) < 4.78 is 26.5. The summed E-state index contributed by atoms with van der Waals surface area (Å²) in [6, 6.07) is 4.08. The van der Waals surface area contributed by atoms with Crippen LogP contribution in [0.5, 0.6) is 0 Å². The van der Waals surface area contributed by atoms with Crippen molar-refractivity contribution in [1.29, 1.82) is 0 Å². The predicted octanol–water partition coefficient (Wildman–Crippen LogP) is 2.64. The van der Waals surface area contributed by atoms with Crippen LogP contribution in [0.2, 0.25) is 0 Å². The molecule has 1 saturated heterocycles. The molecule has 0 spiro atoms. The topological polar surface area (TPSA) is 53.5 Å². The molecule has 1 aromatic rings. The number of aromatic nitrogens is 1. The number of anilines is 1. The number of hydrogen-bond donors (Lipinski definition) is 0. The minimum Gasteiger partial charge on any atom is -0.357 e. The smallest absolute Gasteiger partial charge is 0.244 e. The maximum absolute atomic E-state index is 12.5. The number of hydrogen-bond acceptors (Lipinski definition) is 4. The molecule has 0 radical (unpaired) electrons. The number of nitrogens with zero attached hydrogens (tertiary/aromatic N) is 3. The van der Waals surface area contributed by atoms with Gasteiger partial charge in [0.1, 0.15) is 10.7 Å². The zero-order valence-corrected chi connectivity index (χ0v) is 14.1. The minimum absolute atomic E-state index is 0.315. The van der Waals surface area contributed by atoms with Gasteiger partial charge in [0.2, 0.25) is 10.0 Å². The van der Waals surface area contributed by atoms with Gasteiger partial charge in [0, 0.05) is 32.4 Å². The average Bonchev–Trinajstić information content (AvgIpc) is 3.10. The first-order valence-corrected chi connectivity index (χ1v) is 9.72. The Hall–Kier alpha value is -1.14. The normalized spacial score (nSPS) is 21.1. The van der Waals surface area contributed by atoms with Gasteiger partial charge in [0.25, 0.3) is 0 Å². The molecule has 6 heteroatoms. The molecule has 2 heterocycles. The van der Waals surface area contributed by atoms with Crippen LogP contribution in [-0.2, 0) is 10.0 Å². The van der Waals surface area contributed by atoms with E-state index in [9.17, 15) is 8.42 Å². The van der Waals surface area contributed by atoms with Crippen molar-refractivity contribution in [1.82, 2.24) is 9.29 Å². The van der Waals surface area contributed by atoms with Gasteiger partial charge in [0.05, 0.1) is 0 Å². The molecule has 0 atom stereocenters. The van der Waals surface area contributed by atoms with Crippen LogP contribution in [0, 0.1) is 0 Å². The molecule has 1 aliphatic carbocycles. The molecule has 2 fully saturated rings. The van der Waals surface area contributed by atoms with E-state index < -0.39 is 10.0 Å². The van der Waals surface area contributed by atoms with Crippen LogP contribution in [0.15, 0.2) is 23.2 Å². The molecular formula is C16H25N3O2S. The van der Waals surface area contributed by atoms with Gasteiger partial charge < -0.3 is 4.90 Å². The standard InChI is InChI=1S/C16H25N3O2S/c1-18(14-7-3-2-4-8-14)16-10-9-15(13-17-16)22(20,21)19-11-5-6-12-19/h9-10,13-14H,2-8,11-12H2,1H3. The Morgan fingerprint density at radius 1 is 1.09 bits per heavy atom. The molecular weight excluding hydrogens is 298 g/mol. The first kappa shape index (κ1) is 15.7. The van der Waals surface area contributed by atoms with Crippen LogP contribution >= 0.6 is 0 Å². The fraction of sp³-hybridized carbons (Fsp3) is 0.688. The highest BCUT2D eigenvalue weighted by Crippen LogP contribution is 2.26. The van der Waals surface area contributed by atoms with E-state index in [0.29, 0.717) is 24.0 Å². The van der Waals surface area contributed by atoms with Crippen LogP contribution in [0.1, 0.15) is 44.9 Å². The lowest BCUT2D eigenvalue weighted by Crippen LogP contribution is -2.34. The highest BCUT2D eigenvalue weighted by molar-refractivity contribution is 7.89. The third kappa shape index (κ3) is 3.13.